The summed E-state index contributed by atoms with van der Waals surface area (Å²) < 4.78 is 0. The maximum Gasteiger partial charge on any atom is 0.335 e. The molecule has 0 aromatic heterocycles. The van der Waals surface area contributed by atoms with E-state index in [1.165, 1.54) is 18.2 Å². The highest BCUT2D eigenvalue weighted by Crippen LogP contribution is 2.14. The quantitative estimate of drug-likeness (QED) is 0.740. The molecule has 0 aliphatic heterocycles. The minimum absolute atomic E-state index is 0.0225. The second-order valence-corrected chi connectivity index (χ2v) is 6.21. The monoisotopic (exact) mass is 368 g/mol. The lowest BCUT2D eigenvalue weighted by Gasteiger charge is -2.21. The molecule has 0 fully saturated rings. The van der Waals surface area contributed by atoms with E-state index < -0.39 is 11.9 Å². The van der Waals surface area contributed by atoms with Gasteiger partial charge >= 0.3 is 5.97 Å². The van der Waals surface area contributed by atoms with Crippen LogP contribution in [-0.2, 0) is 0 Å². The zero-order valence-corrected chi connectivity index (χ0v) is 15.6. The van der Waals surface area contributed by atoms with Gasteiger partial charge in [-0.1, -0.05) is 19.9 Å². The fourth-order valence-corrected chi connectivity index (χ4v) is 2.73. The van der Waals surface area contributed by atoms with E-state index in [1.54, 1.807) is 30.3 Å². The van der Waals surface area contributed by atoms with Crippen LogP contribution < -0.4 is 5.32 Å². The molecule has 2 aromatic carbocycles. The molecule has 27 heavy (non-hydrogen) atoms. The molecular formula is C21H24N2O4. The number of benzene rings is 2. The summed E-state index contributed by atoms with van der Waals surface area (Å²) in [5.74, 6) is -1.52. The summed E-state index contributed by atoms with van der Waals surface area (Å²) in [5.41, 5.74) is 1.42. The molecule has 0 heterocycles. The number of carboxylic acids is 1. The van der Waals surface area contributed by atoms with E-state index in [0.29, 0.717) is 24.3 Å². The number of rotatable bonds is 8. The molecular weight excluding hydrogens is 344 g/mol. The van der Waals surface area contributed by atoms with Crippen LogP contribution in [0.4, 0.5) is 5.69 Å². The van der Waals surface area contributed by atoms with Gasteiger partial charge in [-0.25, -0.2) is 4.79 Å². The molecule has 0 spiro atoms. The van der Waals surface area contributed by atoms with Gasteiger partial charge in [0, 0.05) is 29.9 Å². The molecule has 0 atom stereocenters. The van der Waals surface area contributed by atoms with Crippen molar-refractivity contribution >= 4 is 23.5 Å². The average Bonchev–Trinajstić information content (AvgIpc) is 2.68. The number of aromatic carboxylic acids is 1. The van der Waals surface area contributed by atoms with Crippen LogP contribution >= 0.6 is 0 Å². The van der Waals surface area contributed by atoms with E-state index in [4.69, 9.17) is 5.11 Å². The van der Waals surface area contributed by atoms with Crippen molar-refractivity contribution in [2.24, 2.45) is 0 Å². The fraction of sp³-hybridized carbons (Fsp3) is 0.286. The van der Waals surface area contributed by atoms with Crippen LogP contribution in [0.1, 0.15) is 57.8 Å². The molecule has 0 saturated carbocycles. The van der Waals surface area contributed by atoms with Crippen LogP contribution in [0.25, 0.3) is 0 Å². The van der Waals surface area contributed by atoms with Crippen molar-refractivity contribution in [3.8, 4) is 0 Å². The summed E-state index contributed by atoms with van der Waals surface area (Å²) in [5, 5.41) is 11.7. The van der Waals surface area contributed by atoms with E-state index in [2.05, 4.69) is 5.32 Å². The lowest BCUT2D eigenvalue weighted by molar-refractivity contribution is 0.0695. The summed E-state index contributed by atoms with van der Waals surface area (Å²) in [6, 6.07) is 12.5. The zero-order chi connectivity index (χ0) is 19.8. The van der Waals surface area contributed by atoms with Gasteiger partial charge in [0.15, 0.2) is 0 Å². The van der Waals surface area contributed by atoms with Crippen LogP contribution in [0.2, 0.25) is 0 Å². The number of anilines is 1. The first kappa shape index (κ1) is 20.2. The number of amides is 2. The zero-order valence-electron chi connectivity index (χ0n) is 15.6. The third kappa shape index (κ3) is 5.41. The smallest absolute Gasteiger partial charge is 0.335 e. The van der Waals surface area contributed by atoms with Gasteiger partial charge in [-0.05, 0) is 55.3 Å². The predicted molar refractivity (Wildman–Crippen MR) is 104 cm³/mol. The van der Waals surface area contributed by atoms with Crippen LogP contribution in [0, 0.1) is 0 Å². The van der Waals surface area contributed by atoms with Crippen molar-refractivity contribution in [2.45, 2.75) is 26.7 Å². The second kappa shape index (κ2) is 9.52. The third-order valence-electron chi connectivity index (χ3n) is 4.04. The number of hydrogen-bond donors (Lipinski definition) is 2. The highest BCUT2D eigenvalue weighted by molar-refractivity contribution is 6.05. The van der Waals surface area contributed by atoms with Crippen molar-refractivity contribution < 1.29 is 19.5 Å². The lowest BCUT2D eigenvalue weighted by Crippen LogP contribution is -2.32. The summed E-state index contributed by atoms with van der Waals surface area (Å²) in [7, 11) is 0. The Labute approximate surface area is 158 Å². The number of nitrogens with zero attached hydrogens (tertiary/aromatic N) is 1. The molecule has 0 unspecified atom stereocenters. The molecule has 2 N–H and O–H groups in total. The van der Waals surface area contributed by atoms with Crippen molar-refractivity contribution in [3.63, 3.8) is 0 Å². The van der Waals surface area contributed by atoms with Crippen LogP contribution in [0.5, 0.6) is 0 Å². The Morgan fingerprint density at radius 1 is 0.889 bits per heavy atom. The van der Waals surface area contributed by atoms with Crippen LogP contribution in [0.3, 0.4) is 0 Å². The maximum absolute atomic E-state index is 12.6. The summed E-state index contributed by atoms with van der Waals surface area (Å²) in [6.07, 6.45) is 1.80. The first-order valence-electron chi connectivity index (χ1n) is 9.00. The maximum atomic E-state index is 12.6. The Morgan fingerprint density at radius 2 is 1.48 bits per heavy atom. The van der Waals surface area contributed by atoms with Gasteiger partial charge in [0.05, 0.1) is 5.56 Å². The van der Waals surface area contributed by atoms with Crippen LogP contribution in [0.15, 0.2) is 48.5 Å². The first-order valence-corrected chi connectivity index (χ1v) is 9.00. The topological polar surface area (TPSA) is 86.7 Å². The minimum Gasteiger partial charge on any atom is -0.478 e. The van der Waals surface area contributed by atoms with E-state index in [9.17, 15) is 14.4 Å². The van der Waals surface area contributed by atoms with E-state index in [1.807, 2.05) is 18.7 Å². The summed E-state index contributed by atoms with van der Waals surface area (Å²) >= 11 is 0. The van der Waals surface area contributed by atoms with Crippen molar-refractivity contribution in [1.29, 1.82) is 0 Å². The molecule has 0 bridgehead atoms. The Hall–Kier alpha value is -3.15. The number of nitrogens with one attached hydrogen (secondary N) is 1. The van der Waals surface area contributed by atoms with Crippen molar-refractivity contribution in [2.75, 3.05) is 18.4 Å². The molecule has 0 radical (unpaired) electrons. The van der Waals surface area contributed by atoms with E-state index in [-0.39, 0.29) is 17.0 Å². The molecule has 142 valence electrons. The minimum atomic E-state index is -1.09. The van der Waals surface area contributed by atoms with Gasteiger partial charge < -0.3 is 15.3 Å². The second-order valence-electron chi connectivity index (χ2n) is 6.21. The van der Waals surface area contributed by atoms with Crippen LogP contribution in [-0.4, -0.2) is 40.9 Å². The molecule has 0 aliphatic carbocycles. The van der Waals surface area contributed by atoms with Gasteiger partial charge in [-0.3, -0.25) is 9.59 Å². The number of carboxylic acid groups (broad SMARTS) is 1. The SMILES string of the molecule is CCCN(CCC)C(=O)c1ccc(NC(=O)c2cccc(C(=O)O)c2)cc1. The molecule has 2 aromatic rings. The number of carbonyl (C=O) groups excluding carboxylic acids is 2. The van der Waals surface area contributed by atoms with Gasteiger partial charge in [0.2, 0.25) is 0 Å². The van der Waals surface area contributed by atoms with Crippen molar-refractivity contribution in [3.05, 3.63) is 65.2 Å². The predicted octanol–water partition coefficient (Wildman–Crippen LogP) is 3.90. The van der Waals surface area contributed by atoms with Gasteiger partial charge in [-0.15, -0.1) is 0 Å². The molecule has 6 heteroatoms. The number of hydrogen-bond acceptors (Lipinski definition) is 3. The lowest BCUT2D eigenvalue weighted by atomic mass is 10.1. The standard InChI is InChI=1S/C21H24N2O4/c1-3-12-23(13-4-2)20(25)15-8-10-18(11-9-15)22-19(24)16-6-5-7-17(14-16)21(26)27/h5-11,14H,3-4,12-13H2,1-2H3,(H,22,24)(H,26,27). The van der Waals surface area contributed by atoms with E-state index in [0.717, 1.165) is 12.8 Å². The highest BCUT2D eigenvalue weighted by atomic mass is 16.4. The third-order valence-corrected chi connectivity index (χ3v) is 4.04. The van der Waals surface area contributed by atoms with Crippen molar-refractivity contribution in [1.82, 2.24) is 4.90 Å². The summed E-state index contributed by atoms with van der Waals surface area (Å²) in [6.45, 7) is 5.50. The molecule has 2 amide bonds. The first-order chi connectivity index (χ1) is 13.0. The Morgan fingerprint density at radius 3 is 2.04 bits per heavy atom. The Balaban J connectivity index is 2.08. The van der Waals surface area contributed by atoms with Gasteiger partial charge in [0.1, 0.15) is 0 Å². The Kier molecular flexibility index (Phi) is 7.11. The van der Waals surface area contributed by atoms with E-state index >= 15 is 0 Å². The molecule has 6 nitrogen and oxygen atoms in total. The highest BCUT2D eigenvalue weighted by Gasteiger charge is 2.15. The molecule has 0 saturated heterocycles. The molecule has 0 aliphatic rings. The largest absolute Gasteiger partial charge is 0.478 e. The molecule has 2 rings (SSSR count). The number of carbonyl (C=O) groups is 3. The van der Waals surface area contributed by atoms with Gasteiger partial charge in [0.25, 0.3) is 11.8 Å². The van der Waals surface area contributed by atoms with Gasteiger partial charge in [-0.2, -0.15) is 0 Å². The average molecular weight is 368 g/mol. The Bertz CT molecular complexity index is 809. The summed E-state index contributed by atoms with van der Waals surface area (Å²) in [4.78, 5) is 37.7. The fourth-order valence-electron chi connectivity index (χ4n) is 2.73. The normalized spacial score (nSPS) is 10.3.